The van der Waals surface area contributed by atoms with E-state index in [4.69, 9.17) is 0 Å². The number of hydrazone groups is 1. The highest BCUT2D eigenvalue weighted by Crippen LogP contribution is 2.25. The first-order chi connectivity index (χ1) is 13.3. The third kappa shape index (κ3) is 4.60. The van der Waals surface area contributed by atoms with Crippen molar-refractivity contribution in [1.29, 1.82) is 0 Å². The minimum Gasteiger partial charge on any atom is -0.351 e. The van der Waals surface area contributed by atoms with Gasteiger partial charge in [-0.1, -0.05) is 12.1 Å². The van der Waals surface area contributed by atoms with Crippen molar-refractivity contribution in [1.82, 2.24) is 5.32 Å². The van der Waals surface area contributed by atoms with Crippen molar-refractivity contribution in [3.05, 3.63) is 64.7 Å². The molecule has 5 nitrogen and oxygen atoms in total. The molecule has 0 aliphatic carbocycles. The van der Waals surface area contributed by atoms with Gasteiger partial charge in [-0.2, -0.15) is 5.10 Å². The summed E-state index contributed by atoms with van der Waals surface area (Å²) >= 11 is 0. The van der Waals surface area contributed by atoms with Crippen LogP contribution in [0.4, 0.5) is 14.5 Å². The summed E-state index contributed by atoms with van der Waals surface area (Å²) < 4.78 is 26.4. The van der Waals surface area contributed by atoms with E-state index < -0.39 is 11.6 Å². The van der Waals surface area contributed by atoms with Gasteiger partial charge in [0.05, 0.1) is 5.69 Å². The highest BCUT2D eigenvalue weighted by Gasteiger charge is 2.26. The molecule has 0 bridgehead atoms. The molecule has 1 N–H and O–H groups in total. The van der Waals surface area contributed by atoms with Gasteiger partial charge in [-0.15, -0.1) is 0 Å². The maximum atomic E-state index is 13.2. The number of anilines is 1. The van der Waals surface area contributed by atoms with Gasteiger partial charge >= 0.3 is 0 Å². The van der Waals surface area contributed by atoms with Crippen molar-refractivity contribution < 1.29 is 18.4 Å². The lowest BCUT2D eigenvalue weighted by molar-refractivity contribution is -0.118. The quantitative estimate of drug-likeness (QED) is 0.857. The molecule has 0 atom stereocenters. The normalized spacial score (nSPS) is 14.1. The number of hydrogen-bond donors (Lipinski definition) is 1. The molecule has 0 saturated carbocycles. The molecule has 2 aromatic carbocycles. The van der Waals surface area contributed by atoms with Crippen LogP contribution in [0.15, 0.2) is 41.5 Å². The topological polar surface area (TPSA) is 61.8 Å². The van der Waals surface area contributed by atoms with Gasteiger partial charge in [-0.25, -0.2) is 13.8 Å². The van der Waals surface area contributed by atoms with Crippen LogP contribution in [-0.4, -0.2) is 24.1 Å². The summed E-state index contributed by atoms with van der Waals surface area (Å²) in [4.78, 5) is 24.7. The molecule has 0 fully saturated rings. The predicted molar refractivity (Wildman–Crippen MR) is 103 cm³/mol. The number of nitrogens with one attached hydrogen (secondary N) is 1. The van der Waals surface area contributed by atoms with Crippen LogP contribution >= 0.6 is 0 Å². The van der Waals surface area contributed by atoms with E-state index in [1.807, 2.05) is 32.0 Å². The molecule has 0 radical (unpaired) electrons. The van der Waals surface area contributed by atoms with E-state index in [-0.39, 0.29) is 43.3 Å². The number of benzene rings is 2. The second-order valence-electron chi connectivity index (χ2n) is 6.83. The van der Waals surface area contributed by atoms with Crippen molar-refractivity contribution in [2.75, 3.05) is 11.6 Å². The highest BCUT2D eigenvalue weighted by atomic mass is 19.1. The molecule has 1 aliphatic rings. The van der Waals surface area contributed by atoms with E-state index in [0.29, 0.717) is 11.3 Å². The van der Waals surface area contributed by atoms with Crippen LogP contribution in [0, 0.1) is 25.5 Å². The molecule has 0 saturated heterocycles. The average molecular weight is 385 g/mol. The van der Waals surface area contributed by atoms with Crippen LogP contribution < -0.4 is 10.3 Å². The van der Waals surface area contributed by atoms with Crippen molar-refractivity contribution >= 4 is 23.2 Å². The van der Waals surface area contributed by atoms with Gasteiger partial charge in [0.25, 0.3) is 5.91 Å². The third-order valence-electron chi connectivity index (χ3n) is 4.51. The van der Waals surface area contributed by atoms with Crippen LogP contribution in [0.3, 0.4) is 0 Å². The number of hydrogen-bond acceptors (Lipinski definition) is 3. The number of carbonyl (C=O) groups excluding carboxylic acids is 2. The minimum atomic E-state index is -0.652. The van der Waals surface area contributed by atoms with E-state index >= 15 is 0 Å². The molecule has 146 valence electrons. The Kier molecular flexibility index (Phi) is 5.82. The van der Waals surface area contributed by atoms with E-state index in [0.717, 1.165) is 17.2 Å². The summed E-state index contributed by atoms with van der Waals surface area (Å²) in [7, 11) is 0. The van der Waals surface area contributed by atoms with Gasteiger partial charge in [0.1, 0.15) is 17.3 Å². The first kappa shape index (κ1) is 19.7. The van der Waals surface area contributed by atoms with E-state index in [2.05, 4.69) is 10.4 Å². The summed E-state index contributed by atoms with van der Waals surface area (Å²) in [5.41, 5.74) is 3.24. The Morgan fingerprint density at radius 2 is 1.82 bits per heavy atom. The Hall–Kier alpha value is -3.09. The van der Waals surface area contributed by atoms with E-state index in [1.165, 1.54) is 17.1 Å². The molecule has 3 rings (SSSR count). The van der Waals surface area contributed by atoms with Gasteiger partial charge < -0.3 is 5.32 Å². The molecular formula is C21H21F2N3O2. The Balaban J connectivity index is 1.69. The number of rotatable bonds is 5. The van der Waals surface area contributed by atoms with Crippen molar-refractivity contribution in [3.8, 4) is 0 Å². The fourth-order valence-corrected chi connectivity index (χ4v) is 3.03. The Morgan fingerprint density at radius 1 is 1.11 bits per heavy atom. The van der Waals surface area contributed by atoms with Gasteiger partial charge in [-0.05, 0) is 55.2 Å². The molecular weight excluding hydrogens is 364 g/mol. The van der Waals surface area contributed by atoms with Crippen molar-refractivity contribution in [2.45, 2.75) is 33.1 Å². The standard InChI is InChI=1S/C21H21F2N3O2/c1-13-3-4-14(2)19(9-13)26-20(27)6-5-18(25-26)21(28)24-8-7-15-10-16(22)12-17(23)11-15/h3-4,9-12H,5-8H2,1-2H3,(H,24,28). The Labute approximate surface area is 162 Å². The summed E-state index contributed by atoms with van der Waals surface area (Å²) in [5, 5.41) is 8.24. The summed E-state index contributed by atoms with van der Waals surface area (Å²) in [6.45, 7) is 4.01. The molecule has 7 heteroatoms. The number of nitrogens with zero attached hydrogens (tertiary/aromatic N) is 2. The first-order valence-corrected chi connectivity index (χ1v) is 9.04. The zero-order valence-corrected chi connectivity index (χ0v) is 15.8. The number of halogens is 2. The monoisotopic (exact) mass is 385 g/mol. The summed E-state index contributed by atoms with van der Waals surface area (Å²) in [5.74, 6) is -1.86. The molecule has 28 heavy (non-hydrogen) atoms. The van der Waals surface area contributed by atoms with E-state index in [9.17, 15) is 18.4 Å². The fraction of sp³-hybridized carbons (Fsp3) is 0.286. The number of carbonyl (C=O) groups is 2. The van der Waals surface area contributed by atoms with Crippen molar-refractivity contribution in [2.24, 2.45) is 5.10 Å². The molecule has 1 heterocycles. The lowest BCUT2D eigenvalue weighted by Gasteiger charge is -2.24. The lowest BCUT2D eigenvalue weighted by Crippen LogP contribution is -2.39. The van der Waals surface area contributed by atoms with Gasteiger partial charge in [-0.3, -0.25) is 9.59 Å². The second kappa shape index (κ2) is 8.29. The van der Waals surface area contributed by atoms with Crippen LogP contribution in [0.2, 0.25) is 0 Å². The number of aryl methyl sites for hydroxylation is 2. The zero-order chi connectivity index (χ0) is 20.3. The number of amides is 2. The van der Waals surface area contributed by atoms with Crippen LogP contribution in [-0.2, 0) is 16.0 Å². The predicted octanol–water partition coefficient (Wildman–Crippen LogP) is 3.42. The second-order valence-corrected chi connectivity index (χ2v) is 6.83. The zero-order valence-electron chi connectivity index (χ0n) is 15.8. The average Bonchev–Trinajstić information content (AvgIpc) is 2.63. The molecule has 2 amide bonds. The van der Waals surface area contributed by atoms with E-state index in [1.54, 1.807) is 0 Å². The van der Waals surface area contributed by atoms with Gasteiger partial charge in [0.2, 0.25) is 5.91 Å². The molecule has 0 spiro atoms. The first-order valence-electron chi connectivity index (χ1n) is 9.04. The molecule has 1 aliphatic heterocycles. The Bertz CT molecular complexity index is 936. The molecule has 0 unspecified atom stereocenters. The third-order valence-corrected chi connectivity index (χ3v) is 4.51. The Morgan fingerprint density at radius 3 is 2.54 bits per heavy atom. The smallest absolute Gasteiger partial charge is 0.267 e. The summed E-state index contributed by atoms with van der Waals surface area (Å²) in [6, 6.07) is 8.97. The maximum absolute atomic E-state index is 13.2. The fourth-order valence-electron chi connectivity index (χ4n) is 3.03. The minimum absolute atomic E-state index is 0.166. The highest BCUT2D eigenvalue weighted by molar-refractivity contribution is 6.40. The molecule has 0 aromatic heterocycles. The largest absolute Gasteiger partial charge is 0.351 e. The molecule has 2 aromatic rings. The lowest BCUT2D eigenvalue weighted by atomic mass is 10.1. The van der Waals surface area contributed by atoms with Crippen LogP contribution in [0.25, 0.3) is 0 Å². The van der Waals surface area contributed by atoms with Gasteiger partial charge in [0, 0.05) is 25.5 Å². The van der Waals surface area contributed by atoms with Gasteiger partial charge in [0.15, 0.2) is 0 Å². The maximum Gasteiger partial charge on any atom is 0.267 e. The van der Waals surface area contributed by atoms with Crippen molar-refractivity contribution in [3.63, 3.8) is 0 Å². The van der Waals surface area contributed by atoms with Crippen LogP contribution in [0.1, 0.15) is 29.5 Å². The summed E-state index contributed by atoms with van der Waals surface area (Å²) in [6.07, 6.45) is 0.725. The van der Waals surface area contributed by atoms with Crippen LogP contribution in [0.5, 0.6) is 0 Å². The SMILES string of the molecule is Cc1ccc(C)c(N2N=C(C(=O)NCCc3cc(F)cc(F)c3)CCC2=O)c1.